The Labute approximate surface area is 448 Å². The Hall–Kier alpha value is -6.29. The van der Waals surface area contributed by atoms with E-state index in [9.17, 15) is 68.4 Å². The van der Waals surface area contributed by atoms with E-state index in [1.54, 1.807) is 39.8 Å². The number of carboxylic acids is 4. The average molecular weight is 1090 g/mol. The number of ether oxygens (including phenoxy) is 3. The quantitative estimate of drug-likeness (QED) is 0.0236. The number of nitrogens with zero attached hydrogens (tertiary/aromatic N) is 5. The van der Waals surface area contributed by atoms with Crippen molar-refractivity contribution in [1.29, 1.82) is 5.41 Å². The van der Waals surface area contributed by atoms with Crippen molar-refractivity contribution < 1.29 is 82.6 Å². The lowest BCUT2D eigenvalue weighted by Gasteiger charge is -2.32. The van der Waals surface area contributed by atoms with Gasteiger partial charge in [0.05, 0.1) is 71.7 Å². The van der Waals surface area contributed by atoms with E-state index >= 15 is 0 Å². The number of likely N-dealkylation sites (tertiary alicyclic amines) is 1. The van der Waals surface area contributed by atoms with Crippen LogP contribution in [0.25, 0.3) is 0 Å². The number of benzene rings is 1. The van der Waals surface area contributed by atoms with Gasteiger partial charge in [0, 0.05) is 102 Å². The predicted octanol–water partition coefficient (Wildman–Crippen LogP) is -0.521. The first kappa shape index (κ1) is 65.0. The molecule has 8 N–H and O–H groups in total. The minimum atomic E-state index is -1.16. The van der Waals surface area contributed by atoms with Gasteiger partial charge in [0.2, 0.25) is 23.6 Å². The number of Topliss-reactive ketones (excluding diaryl/α,β-unsaturated/α-hetero) is 1. The van der Waals surface area contributed by atoms with Crippen LogP contribution in [-0.4, -0.2) is 248 Å². The summed E-state index contributed by atoms with van der Waals surface area (Å²) in [7, 11) is 0. The van der Waals surface area contributed by atoms with Crippen LogP contribution in [0.15, 0.2) is 24.3 Å². The van der Waals surface area contributed by atoms with Gasteiger partial charge in [0.25, 0.3) is 5.91 Å². The maximum absolute atomic E-state index is 12.9. The van der Waals surface area contributed by atoms with Crippen LogP contribution in [0.3, 0.4) is 0 Å². The Morgan fingerprint density at radius 2 is 1.23 bits per heavy atom. The molecule has 0 radical (unpaired) electrons. The SMILES string of the molecule is CC(=N)CCCCC1CC(=O)N(CCCC[C@H](CC(=O)CNC(=O)c2cccc(CNC(=O)COCCOCCOCCNC(=O)CN3CCN(CC(=O)O)CCN(CC(=O)O)CCN(CC(=O)O)CC3)c2)C(=O)O)C1=O. The molecule has 2 fully saturated rings. The third kappa shape index (κ3) is 28.6. The van der Waals surface area contributed by atoms with Crippen LogP contribution in [0.2, 0.25) is 0 Å². The molecule has 2 aliphatic heterocycles. The van der Waals surface area contributed by atoms with Gasteiger partial charge < -0.3 is 56.0 Å². The molecule has 0 saturated carbocycles. The van der Waals surface area contributed by atoms with Crippen LogP contribution in [0, 0.1) is 17.2 Å². The van der Waals surface area contributed by atoms with E-state index in [2.05, 4.69) is 16.0 Å². The number of ketones is 1. The first-order chi connectivity index (χ1) is 36.8. The van der Waals surface area contributed by atoms with E-state index in [1.807, 2.05) is 4.90 Å². The summed E-state index contributed by atoms with van der Waals surface area (Å²) >= 11 is 0. The zero-order chi connectivity index (χ0) is 56.5. The summed E-state index contributed by atoms with van der Waals surface area (Å²) in [6, 6.07) is 6.39. The highest BCUT2D eigenvalue weighted by Gasteiger charge is 2.37. The highest BCUT2D eigenvalue weighted by molar-refractivity contribution is 6.03. The predicted molar refractivity (Wildman–Crippen MR) is 276 cm³/mol. The first-order valence-electron chi connectivity index (χ1n) is 26.1. The lowest BCUT2D eigenvalue weighted by atomic mass is 9.96. The summed E-state index contributed by atoms with van der Waals surface area (Å²) in [6.07, 6.45) is 3.57. The van der Waals surface area contributed by atoms with Crippen molar-refractivity contribution in [3.05, 3.63) is 35.4 Å². The third-order valence-electron chi connectivity index (χ3n) is 12.7. The number of imide groups is 1. The molecule has 0 aliphatic carbocycles. The molecule has 26 heteroatoms. The van der Waals surface area contributed by atoms with Crippen molar-refractivity contribution in [3.63, 3.8) is 0 Å². The molecule has 1 aromatic rings. The monoisotopic (exact) mass is 1090 g/mol. The molecule has 0 aromatic heterocycles. The summed E-state index contributed by atoms with van der Waals surface area (Å²) < 4.78 is 16.4. The summed E-state index contributed by atoms with van der Waals surface area (Å²) in [5.74, 6) is -7.87. The zero-order valence-corrected chi connectivity index (χ0v) is 44.2. The second-order valence-corrected chi connectivity index (χ2v) is 19.2. The minimum Gasteiger partial charge on any atom is -0.481 e. The molecule has 1 aromatic carbocycles. The number of rotatable bonds is 37. The van der Waals surface area contributed by atoms with Gasteiger partial charge in [-0.05, 0) is 56.7 Å². The molecule has 5 amide bonds. The fraction of sp³-hybridized carbons (Fsp3) is 0.667. The average Bonchev–Trinajstić information content (AvgIpc) is 3.64. The highest BCUT2D eigenvalue weighted by Crippen LogP contribution is 2.26. The molecule has 3 rings (SSSR count). The van der Waals surface area contributed by atoms with E-state index < -0.39 is 47.4 Å². The lowest BCUT2D eigenvalue weighted by molar-refractivity contribution is -0.144. The maximum Gasteiger partial charge on any atom is 0.317 e. The van der Waals surface area contributed by atoms with Gasteiger partial charge >= 0.3 is 23.9 Å². The van der Waals surface area contributed by atoms with Gasteiger partial charge in [-0.25, -0.2) is 0 Å². The van der Waals surface area contributed by atoms with Crippen LogP contribution in [0.1, 0.15) is 80.6 Å². The van der Waals surface area contributed by atoms with Crippen molar-refractivity contribution in [1.82, 2.24) is 40.4 Å². The number of aliphatic carboxylic acids is 4. The van der Waals surface area contributed by atoms with Crippen molar-refractivity contribution in [3.8, 4) is 0 Å². The fourth-order valence-corrected chi connectivity index (χ4v) is 8.58. The van der Waals surface area contributed by atoms with Gasteiger partial charge in [0.15, 0.2) is 5.78 Å². The third-order valence-corrected chi connectivity index (χ3v) is 12.7. The molecular formula is C51H79N9O17. The van der Waals surface area contributed by atoms with Crippen LogP contribution < -0.4 is 16.0 Å². The van der Waals surface area contributed by atoms with E-state index in [1.165, 1.54) is 11.0 Å². The molecule has 26 nitrogen and oxygen atoms in total. The topological polar surface area (TPSA) is 355 Å². The Balaban J connectivity index is 1.25. The second kappa shape index (κ2) is 36.7. The second-order valence-electron chi connectivity index (χ2n) is 19.2. The van der Waals surface area contributed by atoms with Gasteiger partial charge in [0.1, 0.15) is 6.61 Å². The Bertz CT molecular complexity index is 2100. The molecular weight excluding hydrogens is 1010 g/mol. The number of hydrogen-bond donors (Lipinski definition) is 8. The molecule has 1 unspecified atom stereocenters. The highest BCUT2D eigenvalue weighted by atomic mass is 16.5. The van der Waals surface area contributed by atoms with E-state index in [-0.39, 0.29) is 180 Å². The Morgan fingerprint density at radius 3 is 1.79 bits per heavy atom. The van der Waals surface area contributed by atoms with Crippen LogP contribution in [0.4, 0.5) is 0 Å². The number of hydrogen-bond acceptors (Lipinski definition) is 18. The molecule has 77 heavy (non-hydrogen) atoms. The van der Waals surface area contributed by atoms with Gasteiger partial charge in [-0.2, -0.15) is 0 Å². The number of amides is 5. The van der Waals surface area contributed by atoms with Crippen molar-refractivity contribution in [2.75, 3.05) is 138 Å². The first-order valence-corrected chi connectivity index (χ1v) is 26.1. The minimum absolute atomic E-state index is 0.0240. The normalized spacial score (nSPS) is 16.7. The number of nitrogens with one attached hydrogen (secondary N) is 4. The van der Waals surface area contributed by atoms with E-state index in [4.69, 9.17) is 19.6 Å². The van der Waals surface area contributed by atoms with Gasteiger partial charge in [-0.1, -0.05) is 25.0 Å². The van der Waals surface area contributed by atoms with E-state index in [0.29, 0.717) is 50.0 Å². The Kier molecular flexibility index (Phi) is 31.0. The van der Waals surface area contributed by atoms with Gasteiger partial charge in [-0.15, -0.1) is 0 Å². The summed E-state index contributed by atoms with van der Waals surface area (Å²) in [5, 5.41) is 53.5. The van der Waals surface area contributed by atoms with Crippen molar-refractivity contribution >= 4 is 64.9 Å². The van der Waals surface area contributed by atoms with Crippen LogP contribution in [-0.2, 0) is 63.9 Å². The number of carbonyl (C=O) groups excluding carboxylic acids is 6. The summed E-state index contributed by atoms with van der Waals surface area (Å²) in [4.78, 5) is 131. The van der Waals surface area contributed by atoms with Crippen LogP contribution in [0.5, 0.6) is 0 Å². The smallest absolute Gasteiger partial charge is 0.317 e. The maximum atomic E-state index is 12.9. The van der Waals surface area contributed by atoms with E-state index in [0.717, 1.165) is 12.8 Å². The molecule has 2 saturated heterocycles. The summed E-state index contributed by atoms with van der Waals surface area (Å²) in [5.41, 5.74) is 1.41. The summed E-state index contributed by atoms with van der Waals surface area (Å²) in [6.45, 7) is 3.91. The molecule has 2 heterocycles. The molecule has 0 bridgehead atoms. The number of unbranched alkanes of at least 4 members (excludes halogenated alkanes) is 2. The Morgan fingerprint density at radius 1 is 0.675 bits per heavy atom. The number of carbonyl (C=O) groups is 10. The van der Waals surface area contributed by atoms with Crippen molar-refractivity contribution in [2.45, 2.75) is 71.3 Å². The standard InChI is InChI=1S/C51H79N9O17/c1-37(52)7-2-3-9-40-29-45(64)60(50(40)72)13-5-4-10-41(51(73)74)28-42(61)31-55-49(71)39-11-6-8-38(27-39)30-54-44(63)36-77-26-25-76-24-23-75-22-12-53-43(62)32-56-14-16-57(33-46(65)66)18-20-59(35-48(69)70)21-19-58(17-15-56)34-47(67)68/h6,8,11,27,40-41,52H,2-5,7,9-10,12-26,28-36H2,1H3,(H,53,62)(H,54,63)(H,55,71)(H,65,66)(H,67,68)(H,69,70)(H,73,74)/t40?,41-/m1/s1. The molecule has 430 valence electrons. The van der Waals surface area contributed by atoms with Crippen LogP contribution >= 0.6 is 0 Å². The largest absolute Gasteiger partial charge is 0.481 e. The molecule has 0 spiro atoms. The fourth-order valence-electron chi connectivity index (χ4n) is 8.58. The zero-order valence-electron chi connectivity index (χ0n) is 44.2. The molecule has 2 aliphatic rings. The van der Waals surface area contributed by atoms with Gasteiger partial charge in [-0.3, -0.25) is 72.4 Å². The lowest BCUT2D eigenvalue weighted by Crippen LogP contribution is -2.50. The van der Waals surface area contributed by atoms with Crippen molar-refractivity contribution in [2.24, 2.45) is 11.8 Å². The molecule has 2 atom stereocenters. The number of carboxylic acid groups (broad SMARTS) is 4.